The van der Waals surface area contributed by atoms with Gasteiger partial charge in [-0.2, -0.15) is 0 Å². The maximum atomic E-state index is 11.0. The van der Waals surface area contributed by atoms with Gasteiger partial charge in [-0.05, 0) is 20.5 Å². The highest BCUT2D eigenvalue weighted by Gasteiger charge is 2.32. The number of hydrogen-bond acceptors (Lipinski definition) is 6. The van der Waals surface area contributed by atoms with Crippen LogP contribution in [0.15, 0.2) is 5.38 Å². The van der Waals surface area contributed by atoms with E-state index < -0.39 is 0 Å². The molecular weight excluding hydrogens is 288 g/mol. The fourth-order valence-electron chi connectivity index (χ4n) is 2.71. The number of rotatable bonds is 6. The molecule has 1 N–H and O–H groups in total. The van der Waals surface area contributed by atoms with Gasteiger partial charge in [-0.1, -0.05) is 0 Å². The highest BCUT2D eigenvalue weighted by molar-refractivity contribution is 7.13. The number of carbonyl (C=O) groups is 1. The molecule has 6 nitrogen and oxygen atoms in total. The van der Waals surface area contributed by atoms with E-state index in [4.69, 9.17) is 4.74 Å². The smallest absolute Gasteiger partial charge is 0.223 e. The number of carbonyl (C=O) groups excluding carboxylic acids is 1. The van der Waals surface area contributed by atoms with Crippen molar-refractivity contribution in [3.8, 4) is 0 Å². The standard InChI is InChI=1S/C14H24N4O2S/c1-10(19)15-14-16-11(9-21-14)6-18-8-13(20-4)5-12(18)7-17(2)3/h9,12-13H,5-8H2,1-4H3,(H,15,16,19)/t12-,13-/m0/s1. The fourth-order valence-corrected chi connectivity index (χ4v) is 3.46. The number of methoxy groups -OCH3 is 1. The van der Waals surface area contributed by atoms with Crippen LogP contribution >= 0.6 is 11.3 Å². The number of aromatic nitrogens is 1. The number of anilines is 1. The summed E-state index contributed by atoms with van der Waals surface area (Å²) in [6, 6.07) is 0.482. The SMILES string of the molecule is CO[C@H]1C[C@@H](CN(C)C)N(Cc2csc(NC(C)=O)n2)C1. The Labute approximate surface area is 130 Å². The number of hydrogen-bond donors (Lipinski definition) is 1. The van der Waals surface area contributed by atoms with Crippen LogP contribution in [0.25, 0.3) is 0 Å². The molecule has 1 fully saturated rings. The molecule has 2 atom stereocenters. The maximum absolute atomic E-state index is 11.0. The summed E-state index contributed by atoms with van der Waals surface area (Å²) in [5.41, 5.74) is 1.00. The van der Waals surface area contributed by atoms with Gasteiger partial charge in [0.1, 0.15) is 0 Å². The van der Waals surface area contributed by atoms with E-state index in [-0.39, 0.29) is 5.91 Å². The zero-order valence-electron chi connectivity index (χ0n) is 13.1. The molecule has 118 valence electrons. The molecule has 0 aliphatic carbocycles. The van der Waals surface area contributed by atoms with E-state index in [0.717, 1.165) is 31.7 Å². The minimum absolute atomic E-state index is 0.0815. The van der Waals surface area contributed by atoms with Crippen molar-refractivity contribution in [3.63, 3.8) is 0 Å². The third-order valence-electron chi connectivity index (χ3n) is 3.60. The van der Waals surface area contributed by atoms with Gasteiger partial charge in [-0.3, -0.25) is 9.69 Å². The van der Waals surface area contributed by atoms with Crippen molar-refractivity contribution < 1.29 is 9.53 Å². The Morgan fingerprint density at radius 2 is 2.38 bits per heavy atom. The van der Waals surface area contributed by atoms with Crippen molar-refractivity contribution in [1.29, 1.82) is 0 Å². The minimum atomic E-state index is -0.0815. The molecule has 0 saturated carbocycles. The average Bonchev–Trinajstić information content (AvgIpc) is 2.96. The number of nitrogens with zero attached hydrogens (tertiary/aromatic N) is 3. The highest BCUT2D eigenvalue weighted by Crippen LogP contribution is 2.24. The first-order valence-electron chi connectivity index (χ1n) is 7.11. The van der Waals surface area contributed by atoms with E-state index in [0.29, 0.717) is 17.3 Å². The topological polar surface area (TPSA) is 57.7 Å². The molecule has 1 amide bonds. The van der Waals surface area contributed by atoms with Crippen molar-refractivity contribution in [3.05, 3.63) is 11.1 Å². The quantitative estimate of drug-likeness (QED) is 0.857. The lowest BCUT2D eigenvalue weighted by atomic mass is 10.2. The minimum Gasteiger partial charge on any atom is -0.380 e. The van der Waals surface area contributed by atoms with Crippen LogP contribution in [0, 0.1) is 0 Å². The molecule has 1 aromatic heterocycles. The van der Waals surface area contributed by atoms with Crippen LogP contribution in [-0.4, -0.2) is 67.1 Å². The van der Waals surface area contributed by atoms with E-state index in [2.05, 4.69) is 34.2 Å². The summed E-state index contributed by atoms with van der Waals surface area (Å²) in [6.07, 6.45) is 1.35. The predicted molar refractivity (Wildman–Crippen MR) is 84.6 cm³/mol. The zero-order chi connectivity index (χ0) is 15.4. The molecule has 1 aromatic rings. The molecule has 2 heterocycles. The van der Waals surface area contributed by atoms with Gasteiger partial charge in [0.25, 0.3) is 0 Å². The lowest BCUT2D eigenvalue weighted by Gasteiger charge is -2.25. The second-order valence-corrected chi connectivity index (χ2v) is 6.62. The van der Waals surface area contributed by atoms with Gasteiger partial charge in [-0.15, -0.1) is 11.3 Å². The van der Waals surface area contributed by atoms with E-state index >= 15 is 0 Å². The number of likely N-dealkylation sites (N-methyl/N-ethyl adjacent to an activating group) is 1. The third-order valence-corrected chi connectivity index (χ3v) is 4.41. The summed E-state index contributed by atoms with van der Waals surface area (Å²) in [7, 11) is 5.96. The van der Waals surface area contributed by atoms with Crippen LogP contribution in [0.4, 0.5) is 5.13 Å². The molecule has 1 saturated heterocycles. The molecule has 0 aromatic carbocycles. The summed E-state index contributed by atoms with van der Waals surface area (Å²) in [5, 5.41) is 5.41. The third kappa shape index (κ3) is 4.74. The number of ether oxygens (including phenoxy) is 1. The number of nitrogens with one attached hydrogen (secondary N) is 1. The highest BCUT2D eigenvalue weighted by atomic mass is 32.1. The molecule has 0 bridgehead atoms. The van der Waals surface area contributed by atoms with E-state index in [9.17, 15) is 4.79 Å². The van der Waals surface area contributed by atoms with Crippen LogP contribution in [-0.2, 0) is 16.1 Å². The summed E-state index contributed by atoms with van der Waals surface area (Å²) in [6.45, 7) is 4.25. The Kier molecular flexibility index (Phi) is 5.69. The van der Waals surface area contributed by atoms with E-state index in [1.807, 2.05) is 5.38 Å². The lowest BCUT2D eigenvalue weighted by molar-refractivity contribution is -0.114. The summed E-state index contributed by atoms with van der Waals surface area (Å²) in [4.78, 5) is 20.1. The van der Waals surface area contributed by atoms with Crippen LogP contribution in [0.3, 0.4) is 0 Å². The normalized spacial score (nSPS) is 22.9. The largest absolute Gasteiger partial charge is 0.380 e. The van der Waals surface area contributed by atoms with Crippen LogP contribution < -0.4 is 5.32 Å². The molecule has 0 spiro atoms. The molecule has 1 aliphatic heterocycles. The second kappa shape index (κ2) is 7.31. The molecule has 0 unspecified atom stereocenters. The van der Waals surface area contributed by atoms with Gasteiger partial charge in [0.15, 0.2) is 5.13 Å². The number of likely N-dealkylation sites (tertiary alicyclic amines) is 1. The Morgan fingerprint density at radius 3 is 3.00 bits per heavy atom. The first-order valence-corrected chi connectivity index (χ1v) is 7.99. The van der Waals surface area contributed by atoms with Gasteiger partial charge in [0, 0.05) is 45.1 Å². The van der Waals surface area contributed by atoms with E-state index in [1.165, 1.54) is 18.3 Å². The first kappa shape index (κ1) is 16.4. The number of thiazole rings is 1. The summed E-state index contributed by atoms with van der Waals surface area (Å²) >= 11 is 1.47. The van der Waals surface area contributed by atoms with E-state index in [1.54, 1.807) is 7.11 Å². The molecule has 21 heavy (non-hydrogen) atoms. The van der Waals surface area contributed by atoms with Crippen LogP contribution in [0.1, 0.15) is 19.0 Å². The lowest BCUT2D eigenvalue weighted by Crippen LogP contribution is -2.37. The average molecular weight is 312 g/mol. The van der Waals surface area contributed by atoms with Crippen molar-refractivity contribution >= 4 is 22.4 Å². The molecule has 2 rings (SSSR count). The fraction of sp³-hybridized carbons (Fsp3) is 0.714. The van der Waals surface area contributed by atoms with Gasteiger partial charge in [0.2, 0.25) is 5.91 Å². The maximum Gasteiger partial charge on any atom is 0.223 e. The van der Waals surface area contributed by atoms with Crippen molar-refractivity contribution in [2.75, 3.05) is 39.6 Å². The van der Waals surface area contributed by atoms with Gasteiger partial charge in [0.05, 0.1) is 11.8 Å². The summed E-state index contributed by atoms with van der Waals surface area (Å²) in [5.74, 6) is -0.0815. The van der Waals surface area contributed by atoms with Gasteiger partial charge < -0.3 is 15.0 Å². The van der Waals surface area contributed by atoms with Crippen molar-refractivity contribution in [2.45, 2.75) is 32.0 Å². The Morgan fingerprint density at radius 1 is 1.62 bits per heavy atom. The molecular formula is C14H24N4O2S. The van der Waals surface area contributed by atoms with Crippen LogP contribution in [0.2, 0.25) is 0 Å². The Bertz CT molecular complexity index is 477. The molecule has 1 aliphatic rings. The summed E-state index contributed by atoms with van der Waals surface area (Å²) < 4.78 is 5.51. The van der Waals surface area contributed by atoms with Crippen molar-refractivity contribution in [2.24, 2.45) is 0 Å². The van der Waals surface area contributed by atoms with Crippen molar-refractivity contribution in [1.82, 2.24) is 14.8 Å². The second-order valence-electron chi connectivity index (χ2n) is 5.76. The molecule has 7 heteroatoms. The van der Waals surface area contributed by atoms with Crippen LogP contribution in [0.5, 0.6) is 0 Å². The number of amides is 1. The Hall–Kier alpha value is -1.02. The monoisotopic (exact) mass is 312 g/mol. The predicted octanol–water partition coefficient (Wildman–Crippen LogP) is 1.25. The van der Waals surface area contributed by atoms with Gasteiger partial charge >= 0.3 is 0 Å². The first-order chi connectivity index (χ1) is 9.97. The zero-order valence-corrected chi connectivity index (χ0v) is 13.9. The Balaban J connectivity index is 1.98. The van der Waals surface area contributed by atoms with Gasteiger partial charge in [-0.25, -0.2) is 4.98 Å². The molecule has 0 radical (unpaired) electrons.